The average molecular weight is 409 g/mol. The Labute approximate surface area is 170 Å². The third-order valence-electron chi connectivity index (χ3n) is 4.40. The van der Waals surface area contributed by atoms with Crippen LogP contribution in [0, 0.1) is 5.82 Å². The molecule has 0 radical (unpaired) electrons. The van der Waals surface area contributed by atoms with Gasteiger partial charge in [0, 0.05) is 12.3 Å². The van der Waals surface area contributed by atoms with Crippen molar-refractivity contribution in [2.24, 2.45) is 0 Å². The molecule has 2 N–H and O–H groups in total. The lowest BCUT2D eigenvalue weighted by molar-refractivity contribution is 0.0957. The molecule has 5 aromatic rings. The highest BCUT2D eigenvalue weighted by Crippen LogP contribution is 2.22. The number of fused-ring (bicyclic) bond motifs is 4. The van der Waals surface area contributed by atoms with E-state index >= 15 is 0 Å². The lowest BCUT2D eigenvalue weighted by atomic mass is 10.3. The summed E-state index contributed by atoms with van der Waals surface area (Å²) in [5.41, 5.74) is 8.86. The summed E-state index contributed by atoms with van der Waals surface area (Å²) in [6, 6.07) is 15.4. The quantitative estimate of drug-likeness (QED) is 0.444. The molecule has 3 heterocycles. The van der Waals surface area contributed by atoms with Crippen LogP contribution in [0.5, 0.6) is 0 Å². The van der Waals surface area contributed by atoms with Gasteiger partial charge in [-0.15, -0.1) is 12.4 Å². The van der Waals surface area contributed by atoms with Crippen LogP contribution in [-0.2, 0) is 0 Å². The van der Waals surface area contributed by atoms with Gasteiger partial charge < -0.3 is 4.40 Å². The third-order valence-corrected chi connectivity index (χ3v) is 4.40. The Morgan fingerprint density at radius 1 is 0.931 bits per heavy atom. The van der Waals surface area contributed by atoms with Crippen molar-refractivity contribution in [2.45, 2.75) is 0 Å². The van der Waals surface area contributed by atoms with Gasteiger partial charge in [0.25, 0.3) is 5.91 Å². The molecular weight excluding hydrogens is 395 g/mol. The van der Waals surface area contributed by atoms with Crippen LogP contribution in [0.25, 0.3) is 27.6 Å². The second-order valence-electron chi connectivity index (χ2n) is 6.18. The number of anilines is 1. The molecule has 0 atom stereocenters. The van der Waals surface area contributed by atoms with Crippen molar-refractivity contribution in [2.75, 3.05) is 5.43 Å². The topological polar surface area (TPSA) is 84.2 Å². The Kier molecular flexibility index (Phi) is 4.69. The van der Waals surface area contributed by atoms with Crippen molar-refractivity contribution in [3.8, 4) is 0 Å². The zero-order chi connectivity index (χ0) is 19.1. The number of aromatic nitrogens is 4. The second-order valence-corrected chi connectivity index (χ2v) is 6.18. The van der Waals surface area contributed by atoms with Crippen LogP contribution in [0.2, 0.25) is 0 Å². The van der Waals surface area contributed by atoms with Gasteiger partial charge in [-0.1, -0.05) is 12.1 Å². The number of carbonyl (C=O) groups excluding carboxylic acids is 1. The van der Waals surface area contributed by atoms with E-state index in [9.17, 15) is 9.18 Å². The maximum Gasteiger partial charge on any atom is 0.289 e. The standard InChI is InChI=1S/C20H13FN6O.ClH/c21-12-7-8-17-15(10-12)24-19(18-6-3-9-27(17)18)25-26-20(28)16-11-22-13-4-1-2-5-14(13)23-16;/h1-11H,(H,24,25)(H,26,28);1H. The highest BCUT2D eigenvalue weighted by molar-refractivity contribution is 5.95. The Hall–Kier alpha value is -3.78. The van der Waals surface area contributed by atoms with Gasteiger partial charge in [-0.05, 0) is 36.4 Å². The van der Waals surface area contributed by atoms with E-state index < -0.39 is 5.91 Å². The molecule has 9 heteroatoms. The fraction of sp³-hybridized carbons (Fsp3) is 0. The van der Waals surface area contributed by atoms with Gasteiger partial charge in [-0.3, -0.25) is 20.6 Å². The van der Waals surface area contributed by atoms with Gasteiger partial charge in [0.15, 0.2) is 5.82 Å². The van der Waals surface area contributed by atoms with E-state index in [4.69, 9.17) is 0 Å². The summed E-state index contributed by atoms with van der Waals surface area (Å²) in [6.45, 7) is 0. The monoisotopic (exact) mass is 408 g/mol. The van der Waals surface area contributed by atoms with Gasteiger partial charge in [0.05, 0.1) is 33.8 Å². The normalized spacial score (nSPS) is 10.8. The highest BCUT2D eigenvalue weighted by atomic mass is 35.5. The molecule has 0 bridgehead atoms. The summed E-state index contributed by atoms with van der Waals surface area (Å²) in [5.74, 6) is -0.442. The Bertz CT molecular complexity index is 1370. The lowest BCUT2D eigenvalue weighted by Crippen LogP contribution is -2.31. The minimum absolute atomic E-state index is 0. The number of hydrogen-bond acceptors (Lipinski definition) is 5. The van der Waals surface area contributed by atoms with Gasteiger partial charge in [0.2, 0.25) is 0 Å². The first-order valence-corrected chi connectivity index (χ1v) is 8.53. The van der Waals surface area contributed by atoms with Crippen molar-refractivity contribution < 1.29 is 9.18 Å². The number of amides is 1. The van der Waals surface area contributed by atoms with Gasteiger partial charge in [0.1, 0.15) is 11.5 Å². The van der Waals surface area contributed by atoms with E-state index in [0.717, 1.165) is 11.0 Å². The molecule has 0 saturated heterocycles. The molecule has 144 valence electrons. The number of benzene rings is 2. The summed E-state index contributed by atoms with van der Waals surface area (Å²) >= 11 is 0. The van der Waals surface area contributed by atoms with Gasteiger partial charge in [-0.2, -0.15) is 0 Å². The first-order valence-electron chi connectivity index (χ1n) is 8.53. The van der Waals surface area contributed by atoms with Crippen molar-refractivity contribution in [1.29, 1.82) is 0 Å². The first kappa shape index (κ1) is 18.6. The summed E-state index contributed by atoms with van der Waals surface area (Å²) in [5, 5.41) is 0. The van der Waals surface area contributed by atoms with Crippen molar-refractivity contribution >= 4 is 51.7 Å². The average Bonchev–Trinajstić information content (AvgIpc) is 3.21. The molecule has 5 rings (SSSR count). The molecular formula is C20H14ClFN6O. The molecule has 0 fully saturated rings. The number of nitrogens with one attached hydrogen (secondary N) is 2. The third kappa shape index (κ3) is 3.30. The molecule has 1 amide bonds. The van der Waals surface area contributed by atoms with Crippen LogP contribution >= 0.6 is 12.4 Å². The molecule has 7 nitrogen and oxygen atoms in total. The minimum atomic E-state index is -0.455. The molecule has 0 aliphatic heterocycles. The molecule has 3 aromatic heterocycles. The van der Waals surface area contributed by atoms with E-state index in [2.05, 4.69) is 25.8 Å². The number of carbonyl (C=O) groups is 1. The zero-order valence-electron chi connectivity index (χ0n) is 14.8. The molecule has 0 saturated carbocycles. The lowest BCUT2D eigenvalue weighted by Gasteiger charge is -2.11. The Balaban J connectivity index is 0.00000205. The van der Waals surface area contributed by atoms with Crippen LogP contribution < -0.4 is 10.9 Å². The number of hydrogen-bond donors (Lipinski definition) is 2. The van der Waals surface area contributed by atoms with E-state index in [1.54, 1.807) is 12.1 Å². The number of halogens is 2. The van der Waals surface area contributed by atoms with Gasteiger partial charge in [-0.25, -0.2) is 14.4 Å². The molecule has 0 unspecified atom stereocenters. The van der Waals surface area contributed by atoms with Crippen LogP contribution in [0.4, 0.5) is 10.2 Å². The van der Waals surface area contributed by atoms with Crippen molar-refractivity contribution in [3.63, 3.8) is 0 Å². The number of rotatable bonds is 3. The van der Waals surface area contributed by atoms with Crippen LogP contribution in [-0.4, -0.2) is 25.3 Å². The summed E-state index contributed by atoms with van der Waals surface area (Å²) in [6.07, 6.45) is 3.26. The SMILES string of the molecule is Cl.O=C(NNc1nc2cc(F)ccc2n2cccc12)c1cnc2ccccc2n1. The maximum absolute atomic E-state index is 13.6. The van der Waals surface area contributed by atoms with Crippen LogP contribution in [0.15, 0.2) is 67.0 Å². The zero-order valence-corrected chi connectivity index (χ0v) is 15.7. The number of para-hydroxylation sites is 2. The van der Waals surface area contributed by atoms with Crippen LogP contribution in [0.3, 0.4) is 0 Å². The maximum atomic E-state index is 13.6. The fourth-order valence-electron chi connectivity index (χ4n) is 3.09. The molecule has 0 aliphatic rings. The largest absolute Gasteiger partial charge is 0.312 e. The van der Waals surface area contributed by atoms with Crippen molar-refractivity contribution in [1.82, 2.24) is 24.8 Å². The van der Waals surface area contributed by atoms with Gasteiger partial charge >= 0.3 is 0 Å². The molecule has 0 aliphatic carbocycles. The van der Waals surface area contributed by atoms with E-state index in [-0.39, 0.29) is 23.9 Å². The molecule has 29 heavy (non-hydrogen) atoms. The summed E-state index contributed by atoms with van der Waals surface area (Å²) in [7, 11) is 0. The van der Waals surface area contributed by atoms with Crippen LogP contribution in [0.1, 0.15) is 10.5 Å². The number of hydrazine groups is 1. The predicted octanol–water partition coefficient (Wildman–Crippen LogP) is 3.75. The fourth-order valence-corrected chi connectivity index (χ4v) is 3.09. The Morgan fingerprint density at radius 2 is 1.76 bits per heavy atom. The van der Waals surface area contributed by atoms with E-state index in [1.165, 1.54) is 18.3 Å². The first-order chi connectivity index (χ1) is 13.7. The predicted molar refractivity (Wildman–Crippen MR) is 111 cm³/mol. The summed E-state index contributed by atoms with van der Waals surface area (Å²) < 4.78 is 15.5. The molecule has 0 spiro atoms. The number of nitrogens with zero attached hydrogens (tertiary/aromatic N) is 4. The molecule has 2 aromatic carbocycles. The van der Waals surface area contributed by atoms with E-state index in [1.807, 2.05) is 40.9 Å². The smallest absolute Gasteiger partial charge is 0.289 e. The summed E-state index contributed by atoms with van der Waals surface area (Å²) in [4.78, 5) is 25.5. The highest BCUT2D eigenvalue weighted by Gasteiger charge is 2.12. The van der Waals surface area contributed by atoms with Crippen molar-refractivity contribution in [3.05, 3.63) is 78.5 Å². The second kappa shape index (κ2) is 7.33. The minimum Gasteiger partial charge on any atom is -0.312 e. The van der Waals surface area contributed by atoms with E-state index in [0.29, 0.717) is 22.4 Å². The Morgan fingerprint density at radius 3 is 2.62 bits per heavy atom.